The summed E-state index contributed by atoms with van der Waals surface area (Å²) in [6, 6.07) is 3.46. The zero-order valence-corrected chi connectivity index (χ0v) is 11.2. The van der Waals surface area contributed by atoms with Crippen LogP contribution < -0.4 is 4.74 Å². The third kappa shape index (κ3) is 4.99. The average molecular weight is 263 g/mol. The van der Waals surface area contributed by atoms with Crippen LogP contribution in [0.1, 0.15) is 42.6 Å². The topological polar surface area (TPSA) is 48.4 Å². The summed E-state index contributed by atoms with van der Waals surface area (Å²) in [5.41, 5.74) is 0.437. The molecule has 0 bridgehead atoms. The van der Waals surface area contributed by atoms with Crippen LogP contribution in [0.4, 0.5) is 0 Å². The second-order valence-electron chi connectivity index (χ2n) is 4.94. The van der Waals surface area contributed by atoms with Crippen molar-refractivity contribution in [3.05, 3.63) is 24.0 Å². The Morgan fingerprint density at radius 1 is 1.32 bits per heavy atom. The molecule has 0 atom stereocenters. The predicted molar refractivity (Wildman–Crippen MR) is 72.5 cm³/mol. The van der Waals surface area contributed by atoms with Crippen molar-refractivity contribution in [2.24, 2.45) is 5.92 Å². The van der Waals surface area contributed by atoms with E-state index >= 15 is 0 Å². The number of unbranched alkanes of at least 4 members (excludes halogenated alkanes) is 1. The SMILES string of the molecule is O=Cc1ccc(OCCCCC2CCOCC2)cn1. The predicted octanol–water partition coefficient (Wildman–Crippen LogP) is 2.87. The van der Waals surface area contributed by atoms with Crippen LogP contribution >= 0.6 is 0 Å². The maximum absolute atomic E-state index is 10.5. The molecule has 2 rings (SSSR count). The highest BCUT2D eigenvalue weighted by molar-refractivity contribution is 5.71. The number of hydrogen-bond acceptors (Lipinski definition) is 4. The molecule has 0 unspecified atom stereocenters. The van der Waals surface area contributed by atoms with E-state index < -0.39 is 0 Å². The number of pyridine rings is 1. The molecule has 104 valence electrons. The summed E-state index contributed by atoms with van der Waals surface area (Å²) >= 11 is 0. The molecule has 1 fully saturated rings. The van der Waals surface area contributed by atoms with Gasteiger partial charge in [0.25, 0.3) is 0 Å². The highest BCUT2D eigenvalue weighted by atomic mass is 16.5. The molecule has 1 aliphatic heterocycles. The van der Waals surface area contributed by atoms with Gasteiger partial charge in [0.15, 0.2) is 6.29 Å². The first-order valence-corrected chi connectivity index (χ1v) is 7.00. The van der Waals surface area contributed by atoms with Gasteiger partial charge in [0.1, 0.15) is 11.4 Å². The lowest BCUT2D eigenvalue weighted by Crippen LogP contribution is -2.15. The van der Waals surface area contributed by atoms with E-state index in [2.05, 4.69) is 4.98 Å². The van der Waals surface area contributed by atoms with Gasteiger partial charge in [-0.1, -0.05) is 6.42 Å². The van der Waals surface area contributed by atoms with Crippen molar-refractivity contribution in [1.29, 1.82) is 0 Å². The number of aldehydes is 1. The smallest absolute Gasteiger partial charge is 0.168 e. The minimum Gasteiger partial charge on any atom is -0.492 e. The van der Waals surface area contributed by atoms with Crippen LogP contribution in [0, 0.1) is 5.92 Å². The zero-order valence-electron chi connectivity index (χ0n) is 11.2. The van der Waals surface area contributed by atoms with Crippen LogP contribution in [-0.2, 0) is 4.74 Å². The van der Waals surface area contributed by atoms with Crippen molar-refractivity contribution in [3.63, 3.8) is 0 Å². The molecule has 0 aliphatic carbocycles. The molecule has 19 heavy (non-hydrogen) atoms. The lowest BCUT2D eigenvalue weighted by molar-refractivity contribution is 0.0628. The van der Waals surface area contributed by atoms with Gasteiger partial charge in [-0.25, -0.2) is 4.98 Å². The Morgan fingerprint density at radius 2 is 2.16 bits per heavy atom. The summed E-state index contributed by atoms with van der Waals surface area (Å²) in [5.74, 6) is 1.57. The molecule has 0 saturated carbocycles. The van der Waals surface area contributed by atoms with E-state index in [1.165, 1.54) is 25.7 Å². The van der Waals surface area contributed by atoms with E-state index in [4.69, 9.17) is 9.47 Å². The molecule has 1 aromatic rings. The molecular formula is C15H21NO3. The number of ether oxygens (including phenoxy) is 2. The standard InChI is InChI=1S/C15H21NO3/c17-12-14-4-5-15(11-16-14)19-8-2-1-3-13-6-9-18-10-7-13/h4-5,11-13H,1-3,6-10H2. The maximum Gasteiger partial charge on any atom is 0.168 e. The van der Waals surface area contributed by atoms with E-state index in [0.717, 1.165) is 37.6 Å². The van der Waals surface area contributed by atoms with Gasteiger partial charge in [-0.15, -0.1) is 0 Å². The Balaban J connectivity index is 1.56. The second-order valence-corrected chi connectivity index (χ2v) is 4.94. The summed E-state index contributed by atoms with van der Waals surface area (Å²) in [4.78, 5) is 14.4. The Hall–Kier alpha value is -1.42. The number of carbonyl (C=O) groups excluding carboxylic acids is 1. The van der Waals surface area contributed by atoms with Crippen molar-refractivity contribution >= 4 is 6.29 Å². The van der Waals surface area contributed by atoms with Gasteiger partial charge in [0, 0.05) is 13.2 Å². The number of nitrogens with zero attached hydrogens (tertiary/aromatic N) is 1. The first-order chi connectivity index (χ1) is 9.38. The fourth-order valence-corrected chi connectivity index (χ4v) is 2.31. The van der Waals surface area contributed by atoms with Gasteiger partial charge in [0.05, 0.1) is 12.8 Å². The minimum atomic E-state index is 0.437. The molecule has 0 aromatic carbocycles. The van der Waals surface area contributed by atoms with E-state index in [-0.39, 0.29) is 0 Å². The molecule has 0 N–H and O–H groups in total. The number of rotatable bonds is 7. The highest BCUT2D eigenvalue weighted by Crippen LogP contribution is 2.20. The van der Waals surface area contributed by atoms with Crippen LogP contribution in [0.25, 0.3) is 0 Å². The van der Waals surface area contributed by atoms with Gasteiger partial charge in [-0.05, 0) is 43.7 Å². The molecule has 2 heterocycles. The van der Waals surface area contributed by atoms with Crippen molar-refractivity contribution in [2.75, 3.05) is 19.8 Å². The Bertz CT molecular complexity index is 371. The first kappa shape index (κ1) is 14.0. The number of hydrogen-bond donors (Lipinski definition) is 0. The molecule has 1 aliphatic rings. The Kier molecular flexibility index (Phi) is 5.82. The van der Waals surface area contributed by atoms with Crippen LogP contribution in [0.5, 0.6) is 5.75 Å². The van der Waals surface area contributed by atoms with E-state index in [1.54, 1.807) is 18.3 Å². The Labute approximate surface area is 114 Å². The average Bonchev–Trinajstić information content (AvgIpc) is 2.49. The van der Waals surface area contributed by atoms with Crippen LogP contribution in [-0.4, -0.2) is 31.1 Å². The summed E-state index contributed by atoms with van der Waals surface area (Å²) in [7, 11) is 0. The fraction of sp³-hybridized carbons (Fsp3) is 0.600. The molecule has 0 radical (unpaired) electrons. The van der Waals surface area contributed by atoms with Crippen molar-refractivity contribution in [1.82, 2.24) is 4.98 Å². The second kappa shape index (κ2) is 7.89. The van der Waals surface area contributed by atoms with Crippen LogP contribution in [0.15, 0.2) is 18.3 Å². The lowest BCUT2D eigenvalue weighted by Gasteiger charge is -2.21. The van der Waals surface area contributed by atoms with E-state index in [0.29, 0.717) is 12.3 Å². The van der Waals surface area contributed by atoms with Gasteiger partial charge in [0.2, 0.25) is 0 Å². The van der Waals surface area contributed by atoms with Crippen LogP contribution in [0.2, 0.25) is 0 Å². The molecule has 0 spiro atoms. The third-order valence-electron chi connectivity index (χ3n) is 3.50. The van der Waals surface area contributed by atoms with E-state index in [9.17, 15) is 4.79 Å². The maximum atomic E-state index is 10.5. The lowest BCUT2D eigenvalue weighted by atomic mass is 9.94. The number of carbonyl (C=O) groups is 1. The molecule has 1 aromatic heterocycles. The molecule has 1 saturated heterocycles. The minimum absolute atomic E-state index is 0.437. The third-order valence-corrected chi connectivity index (χ3v) is 3.50. The van der Waals surface area contributed by atoms with Gasteiger partial charge >= 0.3 is 0 Å². The highest BCUT2D eigenvalue weighted by Gasteiger charge is 2.12. The normalized spacial score (nSPS) is 16.2. The molecular weight excluding hydrogens is 242 g/mol. The molecule has 0 amide bonds. The summed E-state index contributed by atoms with van der Waals surface area (Å²) in [6.45, 7) is 2.57. The monoisotopic (exact) mass is 263 g/mol. The van der Waals surface area contributed by atoms with Crippen molar-refractivity contribution in [2.45, 2.75) is 32.1 Å². The Morgan fingerprint density at radius 3 is 2.84 bits per heavy atom. The van der Waals surface area contributed by atoms with Gasteiger partial charge < -0.3 is 9.47 Å². The quantitative estimate of drug-likeness (QED) is 0.560. The van der Waals surface area contributed by atoms with E-state index in [1.807, 2.05) is 0 Å². The van der Waals surface area contributed by atoms with Crippen LogP contribution in [0.3, 0.4) is 0 Å². The first-order valence-electron chi connectivity index (χ1n) is 7.00. The molecule has 4 nitrogen and oxygen atoms in total. The largest absolute Gasteiger partial charge is 0.492 e. The summed E-state index contributed by atoms with van der Waals surface area (Å²) < 4.78 is 10.9. The summed E-state index contributed by atoms with van der Waals surface area (Å²) in [6.07, 6.45) is 8.28. The zero-order chi connectivity index (χ0) is 13.3. The fourth-order valence-electron chi connectivity index (χ4n) is 2.31. The number of aromatic nitrogens is 1. The summed E-state index contributed by atoms with van der Waals surface area (Å²) in [5, 5.41) is 0. The molecule has 4 heteroatoms. The van der Waals surface area contributed by atoms with Gasteiger partial charge in [-0.3, -0.25) is 4.79 Å². The van der Waals surface area contributed by atoms with Crippen molar-refractivity contribution in [3.8, 4) is 5.75 Å². The van der Waals surface area contributed by atoms with Gasteiger partial charge in [-0.2, -0.15) is 0 Å². The van der Waals surface area contributed by atoms with Crippen molar-refractivity contribution < 1.29 is 14.3 Å².